The molecule has 0 bridgehead atoms. The van der Waals surface area contributed by atoms with Crippen LogP contribution in [0.15, 0.2) is 102 Å². The Balaban J connectivity index is 0.000000140. The van der Waals surface area contributed by atoms with E-state index in [0.29, 0.717) is 0 Å². The SMILES string of the molecule is [O-][S+]1C=CN(c2ccccc2)C=C1.c1ccc2c(c1)ccc1c3c(ccc12)CCCC3. The van der Waals surface area contributed by atoms with Gasteiger partial charge < -0.3 is 9.45 Å². The summed E-state index contributed by atoms with van der Waals surface area (Å²) in [5.41, 5.74) is 4.25. The molecule has 0 saturated heterocycles. The summed E-state index contributed by atoms with van der Waals surface area (Å²) in [5.74, 6) is 0. The van der Waals surface area contributed by atoms with E-state index in [-0.39, 0.29) is 0 Å². The summed E-state index contributed by atoms with van der Waals surface area (Å²) in [7, 11) is 0. The largest absolute Gasteiger partial charge is 0.607 e. The maximum Gasteiger partial charge on any atom is 0.138 e. The molecule has 0 unspecified atom stereocenters. The Bertz CT molecular complexity index is 1250. The minimum atomic E-state index is -0.937. The molecule has 1 aliphatic heterocycles. The van der Waals surface area contributed by atoms with Crippen LogP contribution in [0.4, 0.5) is 5.69 Å². The van der Waals surface area contributed by atoms with Crippen molar-refractivity contribution < 1.29 is 4.55 Å². The molecule has 154 valence electrons. The van der Waals surface area contributed by atoms with Crippen molar-refractivity contribution in [3.63, 3.8) is 0 Å². The Morgan fingerprint density at radius 2 is 1.35 bits per heavy atom. The maximum atomic E-state index is 11.0. The molecule has 0 radical (unpaired) electrons. The van der Waals surface area contributed by atoms with E-state index >= 15 is 0 Å². The van der Waals surface area contributed by atoms with E-state index in [0.717, 1.165) is 5.69 Å². The molecule has 1 heterocycles. The Morgan fingerprint density at radius 1 is 0.645 bits per heavy atom. The van der Waals surface area contributed by atoms with Crippen LogP contribution in [0.1, 0.15) is 24.0 Å². The molecule has 0 amide bonds. The van der Waals surface area contributed by atoms with E-state index in [1.807, 2.05) is 47.6 Å². The Labute approximate surface area is 186 Å². The maximum absolute atomic E-state index is 11.0. The van der Waals surface area contributed by atoms with Crippen molar-refractivity contribution in [2.75, 3.05) is 4.90 Å². The highest BCUT2D eigenvalue weighted by molar-refractivity contribution is 7.97. The van der Waals surface area contributed by atoms with Crippen LogP contribution in [0.3, 0.4) is 0 Å². The zero-order chi connectivity index (χ0) is 21.0. The van der Waals surface area contributed by atoms with Crippen molar-refractivity contribution in [1.29, 1.82) is 0 Å². The Kier molecular flexibility index (Phi) is 5.79. The van der Waals surface area contributed by atoms with Crippen LogP contribution in [-0.2, 0) is 24.0 Å². The van der Waals surface area contributed by atoms with Crippen molar-refractivity contribution in [3.05, 3.63) is 113 Å². The number of nitrogens with zero attached hydrogens (tertiary/aromatic N) is 1. The first-order valence-corrected chi connectivity index (χ1v) is 12.1. The summed E-state index contributed by atoms with van der Waals surface area (Å²) in [5, 5.41) is 8.96. The van der Waals surface area contributed by atoms with Gasteiger partial charge in [-0.25, -0.2) is 0 Å². The fraction of sp³-hybridized carbons (Fsp3) is 0.143. The lowest BCUT2D eigenvalue weighted by atomic mass is 9.86. The first-order valence-electron chi connectivity index (χ1n) is 10.8. The first-order chi connectivity index (χ1) is 15.3. The van der Waals surface area contributed by atoms with Gasteiger partial charge in [0.1, 0.15) is 10.8 Å². The molecule has 0 fully saturated rings. The molecule has 2 aliphatic rings. The highest BCUT2D eigenvalue weighted by Gasteiger charge is 2.13. The standard InChI is InChI=1S/C18H16.C10H9NOS/c1-3-7-15-13(5-1)9-11-18-16-8-4-2-6-14(16)10-12-17(15)18;12-13-8-6-11(7-9-13)10-4-2-1-3-5-10/h1,3,5,7,9-12H,2,4,6,8H2;1-9H. The lowest BCUT2D eigenvalue weighted by Gasteiger charge is -2.18. The number of para-hydroxylation sites is 1. The zero-order valence-corrected chi connectivity index (χ0v) is 18.2. The number of anilines is 1. The summed E-state index contributed by atoms with van der Waals surface area (Å²) in [4.78, 5) is 1.93. The van der Waals surface area contributed by atoms with Crippen LogP contribution in [0.2, 0.25) is 0 Å². The molecular formula is C28H25NOS. The van der Waals surface area contributed by atoms with Crippen LogP contribution in [0.5, 0.6) is 0 Å². The Morgan fingerprint density at radius 3 is 2.19 bits per heavy atom. The molecule has 0 N–H and O–H groups in total. The topological polar surface area (TPSA) is 26.3 Å². The average molecular weight is 424 g/mol. The molecule has 4 aromatic rings. The third kappa shape index (κ3) is 4.25. The van der Waals surface area contributed by atoms with Gasteiger partial charge in [-0.3, -0.25) is 0 Å². The minimum Gasteiger partial charge on any atom is -0.607 e. The molecule has 3 heteroatoms. The lowest BCUT2D eigenvalue weighted by Crippen LogP contribution is -2.11. The van der Waals surface area contributed by atoms with Gasteiger partial charge in [0.05, 0.1) is 12.4 Å². The molecule has 1 aliphatic carbocycles. The summed E-state index contributed by atoms with van der Waals surface area (Å²) in [6.07, 6.45) is 8.84. The van der Waals surface area contributed by atoms with Crippen molar-refractivity contribution >= 4 is 38.4 Å². The summed E-state index contributed by atoms with van der Waals surface area (Å²) in [6, 6.07) is 27.9. The van der Waals surface area contributed by atoms with Gasteiger partial charge in [-0.2, -0.15) is 0 Å². The van der Waals surface area contributed by atoms with Crippen LogP contribution >= 0.6 is 0 Å². The molecule has 4 aromatic carbocycles. The van der Waals surface area contributed by atoms with Crippen LogP contribution in [-0.4, -0.2) is 4.55 Å². The normalized spacial score (nSPS) is 15.6. The Hall–Kier alpha value is -3.01. The fourth-order valence-electron chi connectivity index (χ4n) is 4.46. The van der Waals surface area contributed by atoms with E-state index in [9.17, 15) is 4.55 Å². The quantitative estimate of drug-likeness (QED) is 0.242. The summed E-state index contributed by atoms with van der Waals surface area (Å²) >= 11 is -0.937. The van der Waals surface area contributed by atoms with E-state index in [2.05, 4.69) is 48.5 Å². The molecule has 0 atom stereocenters. The first kappa shape index (κ1) is 19.9. The molecule has 0 spiro atoms. The van der Waals surface area contributed by atoms with Gasteiger partial charge in [0.25, 0.3) is 0 Å². The van der Waals surface area contributed by atoms with E-state index in [4.69, 9.17) is 0 Å². The third-order valence-electron chi connectivity index (χ3n) is 6.02. The van der Waals surface area contributed by atoms with Crippen LogP contribution in [0, 0.1) is 0 Å². The minimum absolute atomic E-state index is 0.937. The van der Waals surface area contributed by atoms with Gasteiger partial charge >= 0.3 is 0 Å². The van der Waals surface area contributed by atoms with Gasteiger partial charge in [-0.15, -0.1) is 0 Å². The van der Waals surface area contributed by atoms with E-state index in [1.165, 1.54) is 47.2 Å². The summed E-state index contributed by atoms with van der Waals surface area (Å²) < 4.78 is 11.0. The average Bonchev–Trinajstić information content (AvgIpc) is 2.85. The number of hydrogen-bond donors (Lipinski definition) is 0. The monoisotopic (exact) mass is 423 g/mol. The molecule has 2 nitrogen and oxygen atoms in total. The number of benzene rings is 4. The van der Waals surface area contributed by atoms with Crippen molar-refractivity contribution in [2.24, 2.45) is 0 Å². The van der Waals surface area contributed by atoms with Gasteiger partial charge in [-0.1, -0.05) is 66.7 Å². The number of fused-ring (bicyclic) bond motifs is 5. The van der Waals surface area contributed by atoms with Crippen LogP contribution < -0.4 is 4.90 Å². The highest BCUT2D eigenvalue weighted by Crippen LogP contribution is 2.33. The molecule has 0 aromatic heterocycles. The molecule has 6 rings (SSSR count). The van der Waals surface area contributed by atoms with Crippen LogP contribution in [0.25, 0.3) is 21.5 Å². The lowest BCUT2D eigenvalue weighted by molar-refractivity contribution is 0.611. The number of aryl methyl sites for hydroxylation is 2. The second-order valence-corrected chi connectivity index (χ2v) is 9.14. The molecule has 31 heavy (non-hydrogen) atoms. The highest BCUT2D eigenvalue weighted by atomic mass is 32.2. The van der Waals surface area contributed by atoms with Crippen molar-refractivity contribution in [2.45, 2.75) is 25.7 Å². The second kappa shape index (κ2) is 9.01. The number of hydrogen-bond acceptors (Lipinski definition) is 2. The van der Waals surface area contributed by atoms with Crippen molar-refractivity contribution in [3.8, 4) is 0 Å². The summed E-state index contributed by atoms with van der Waals surface area (Å²) in [6.45, 7) is 0. The number of rotatable bonds is 1. The predicted molar refractivity (Wildman–Crippen MR) is 133 cm³/mol. The zero-order valence-electron chi connectivity index (χ0n) is 17.4. The van der Waals surface area contributed by atoms with Gasteiger partial charge in [0.15, 0.2) is 0 Å². The predicted octanol–water partition coefficient (Wildman–Crippen LogP) is 7.07. The molecule has 0 saturated carbocycles. The second-order valence-electron chi connectivity index (χ2n) is 7.93. The van der Waals surface area contributed by atoms with Gasteiger partial charge in [0.2, 0.25) is 0 Å². The smallest absolute Gasteiger partial charge is 0.138 e. The molecular weight excluding hydrogens is 398 g/mol. The third-order valence-corrected chi connectivity index (χ3v) is 6.80. The fourth-order valence-corrected chi connectivity index (χ4v) is 5.05. The van der Waals surface area contributed by atoms with E-state index in [1.54, 1.807) is 21.9 Å². The van der Waals surface area contributed by atoms with Crippen molar-refractivity contribution in [1.82, 2.24) is 0 Å². The van der Waals surface area contributed by atoms with E-state index < -0.39 is 11.2 Å². The van der Waals surface area contributed by atoms with Gasteiger partial charge in [0, 0.05) is 16.9 Å². The van der Waals surface area contributed by atoms with Gasteiger partial charge in [-0.05, 0) is 70.5 Å².